The lowest BCUT2D eigenvalue weighted by atomic mass is 9.48. The number of aromatic nitrogens is 3. The number of nitrogens with one attached hydrogen (secondary N) is 1. The zero-order valence-corrected chi connectivity index (χ0v) is 16.4. The van der Waals surface area contributed by atoms with Gasteiger partial charge in [0.2, 0.25) is 11.7 Å². The van der Waals surface area contributed by atoms with Gasteiger partial charge in [0, 0.05) is 13.1 Å². The van der Waals surface area contributed by atoms with Crippen molar-refractivity contribution in [3.63, 3.8) is 0 Å². The lowest BCUT2D eigenvalue weighted by Crippen LogP contribution is -2.56. The Morgan fingerprint density at radius 2 is 1.78 bits per heavy atom. The normalized spacial score (nSPS) is 33.3. The molecule has 1 amide bonds. The van der Waals surface area contributed by atoms with Crippen LogP contribution >= 0.6 is 11.8 Å². The van der Waals surface area contributed by atoms with Crippen LogP contribution in [0.3, 0.4) is 0 Å². The van der Waals surface area contributed by atoms with Crippen molar-refractivity contribution in [3.05, 3.63) is 5.82 Å². The molecule has 1 aromatic rings. The number of thioether (sulfide) groups is 1. The molecule has 0 radical (unpaired) electrons. The van der Waals surface area contributed by atoms with E-state index < -0.39 is 12.0 Å². The topological polar surface area (TPSA) is 59.8 Å². The van der Waals surface area contributed by atoms with E-state index >= 15 is 0 Å². The molecule has 150 valence electrons. The summed E-state index contributed by atoms with van der Waals surface area (Å²) in [5.41, 5.74) is 0.212. The van der Waals surface area contributed by atoms with E-state index in [9.17, 15) is 18.0 Å². The van der Waals surface area contributed by atoms with E-state index in [1.54, 1.807) is 0 Å². The molecule has 0 aliphatic heterocycles. The van der Waals surface area contributed by atoms with Crippen molar-refractivity contribution in [2.75, 3.05) is 5.75 Å². The number of halogens is 3. The molecule has 0 aromatic carbocycles. The molecule has 27 heavy (non-hydrogen) atoms. The van der Waals surface area contributed by atoms with E-state index in [0.29, 0.717) is 0 Å². The zero-order chi connectivity index (χ0) is 19.4. The average Bonchev–Trinajstić information content (AvgIpc) is 2.92. The van der Waals surface area contributed by atoms with Gasteiger partial charge in [0.25, 0.3) is 0 Å². The summed E-state index contributed by atoms with van der Waals surface area (Å²) >= 11 is 0.988. The smallest absolute Gasteiger partial charge is 0.352 e. The molecule has 1 aromatic heterocycles. The summed E-state index contributed by atoms with van der Waals surface area (Å²) in [4.78, 5) is 12.4. The molecule has 4 saturated carbocycles. The third-order valence-corrected chi connectivity index (χ3v) is 7.82. The molecule has 1 atom stereocenters. The largest absolute Gasteiger partial charge is 0.451 e. The van der Waals surface area contributed by atoms with Crippen LogP contribution in [0.1, 0.15) is 51.3 Å². The molecule has 9 heteroatoms. The summed E-state index contributed by atoms with van der Waals surface area (Å²) in [5.74, 6) is 1.27. The monoisotopic (exact) mass is 402 g/mol. The molecule has 0 unspecified atom stereocenters. The maximum Gasteiger partial charge on any atom is 0.451 e. The number of alkyl halides is 3. The van der Waals surface area contributed by atoms with Crippen LogP contribution in [0.4, 0.5) is 13.2 Å². The molecule has 4 fully saturated rings. The number of nitrogens with zero attached hydrogens (tertiary/aromatic N) is 3. The summed E-state index contributed by atoms with van der Waals surface area (Å²) < 4.78 is 39.2. The van der Waals surface area contributed by atoms with Crippen LogP contribution in [0.15, 0.2) is 5.16 Å². The minimum Gasteiger partial charge on any atom is -0.352 e. The van der Waals surface area contributed by atoms with Crippen molar-refractivity contribution in [3.8, 4) is 0 Å². The van der Waals surface area contributed by atoms with Crippen molar-refractivity contribution >= 4 is 17.7 Å². The number of rotatable bonds is 5. The van der Waals surface area contributed by atoms with Crippen molar-refractivity contribution in [2.45, 2.75) is 62.8 Å². The first-order chi connectivity index (χ1) is 12.7. The second kappa shape index (κ2) is 6.67. The van der Waals surface area contributed by atoms with Gasteiger partial charge in [0.05, 0.1) is 5.75 Å². The first-order valence-corrected chi connectivity index (χ1v) is 10.5. The van der Waals surface area contributed by atoms with Gasteiger partial charge in [-0.15, -0.1) is 10.2 Å². The third-order valence-electron chi connectivity index (χ3n) is 6.80. The van der Waals surface area contributed by atoms with E-state index in [4.69, 9.17) is 0 Å². The fraction of sp³-hybridized carbons (Fsp3) is 0.833. The summed E-state index contributed by atoms with van der Waals surface area (Å²) in [5, 5.41) is 9.97. The maximum atomic E-state index is 12.8. The molecule has 4 aliphatic carbocycles. The Morgan fingerprint density at radius 1 is 1.22 bits per heavy atom. The number of carbonyl (C=O) groups excluding carboxylic acids is 1. The van der Waals surface area contributed by atoms with Crippen LogP contribution in [0.2, 0.25) is 0 Å². The van der Waals surface area contributed by atoms with Gasteiger partial charge in [-0.25, -0.2) is 0 Å². The van der Waals surface area contributed by atoms with Crippen LogP contribution in [-0.4, -0.2) is 32.5 Å². The Kier molecular flexibility index (Phi) is 4.71. The highest BCUT2D eigenvalue weighted by atomic mass is 32.2. The van der Waals surface area contributed by atoms with Gasteiger partial charge in [-0.1, -0.05) is 11.8 Å². The van der Waals surface area contributed by atoms with Gasteiger partial charge in [0.15, 0.2) is 5.16 Å². The fourth-order valence-electron chi connectivity index (χ4n) is 5.96. The van der Waals surface area contributed by atoms with Gasteiger partial charge in [0.1, 0.15) is 0 Å². The van der Waals surface area contributed by atoms with Crippen molar-refractivity contribution in [1.82, 2.24) is 20.1 Å². The van der Waals surface area contributed by atoms with Crippen LogP contribution in [0.25, 0.3) is 0 Å². The predicted molar refractivity (Wildman–Crippen MR) is 94.9 cm³/mol. The molecular weight excluding hydrogens is 377 g/mol. The predicted octanol–water partition coefficient (Wildman–Crippen LogP) is 3.65. The number of carbonyl (C=O) groups is 1. The summed E-state index contributed by atoms with van der Waals surface area (Å²) in [6, 6.07) is 0.101. The quantitative estimate of drug-likeness (QED) is 0.764. The lowest BCUT2D eigenvalue weighted by Gasteiger charge is -2.59. The van der Waals surface area contributed by atoms with E-state index in [0.717, 1.165) is 34.1 Å². The van der Waals surface area contributed by atoms with E-state index in [1.165, 1.54) is 45.6 Å². The van der Waals surface area contributed by atoms with Gasteiger partial charge in [-0.05, 0) is 68.6 Å². The molecule has 0 spiro atoms. The average molecular weight is 402 g/mol. The van der Waals surface area contributed by atoms with Crippen molar-refractivity contribution in [1.29, 1.82) is 0 Å². The van der Waals surface area contributed by atoms with E-state index in [2.05, 4.69) is 22.4 Å². The minimum absolute atomic E-state index is 0.0422. The highest BCUT2D eigenvalue weighted by Gasteiger charge is 2.53. The standard InChI is InChI=1S/C18H25F3N4OS/c1-10(17-6-11-3-12(7-17)5-13(4-11)8-17)22-14(26)9-27-16-24-23-15(25(16)2)18(19,20)21/h10-13H,3-9H2,1-2H3,(H,22,26)/t10-,11?,12?,13?,17?/m0/s1. The van der Waals surface area contributed by atoms with Gasteiger partial charge < -0.3 is 9.88 Å². The minimum atomic E-state index is -4.55. The summed E-state index contributed by atoms with van der Waals surface area (Å²) in [6.07, 6.45) is 3.11. The molecule has 0 saturated heterocycles. The van der Waals surface area contributed by atoms with Crippen molar-refractivity contribution < 1.29 is 18.0 Å². The van der Waals surface area contributed by atoms with Crippen LogP contribution in [0.5, 0.6) is 0 Å². The highest BCUT2D eigenvalue weighted by Crippen LogP contribution is 2.61. The SMILES string of the molecule is C[C@H](NC(=O)CSc1nnc(C(F)(F)F)n1C)C12CC3CC(CC(C3)C1)C2. The van der Waals surface area contributed by atoms with Crippen LogP contribution in [0, 0.1) is 23.2 Å². The molecule has 5 nitrogen and oxygen atoms in total. The Bertz CT molecular complexity index is 697. The first-order valence-electron chi connectivity index (χ1n) is 9.55. The van der Waals surface area contributed by atoms with Crippen LogP contribution in [-0.2, 0) is 18.0 Å². The first kappa shape index (κ1) is 19.1. The Morgan fingerprint density at radius 3 is 2.26 bits per heavy atom. The van der Waals surface area contributed by atoms with E-state index in [1.807, 2.05) is 0 Å². The molecule has 1 heterocycles. The Balaban J connectivity index is 1.34. The van der Waals surface area contributed by atoms with E-state index in [-0.39, 0.29) is 28.3 Å². The number of hydrogen-bond acceptors (Lipinski definition) is 4. The maximum absolute atomic E-state index is 12.8. The zero-order valence-electron chi connectivity index (χ0n) is 15.6. The second-order valence-corrected chi connectivity index (χ2v) is 9.66. The molecule has 4 bridgehead atoms. The molecular formula is C18H25F3N4OS. The summed E-state index contributed by atoms with van der Waals surface area (Å²) in [6.45, 7) is 2.10. The molecule has 5 rings (SSSR count). The summed E-state index contributed by atoms with van der Waals surface area (Å²) in [7, 11) is 1.27. The van der Waals surface area contributed by atoms with Crippen LogP contribution < -0.4 is 5.32 Å². The Hall–Kier alpha value is -1.25. The highest BCUT2D eigenvalue weighted by molar-refractivity contribution is 7.99. The lowest BCUT2D eigenvalue weighted by molar-refractivity contribution is -0.147. The third kappa shape index (κ3) is 3.59. The Labute approximate surface area is 160 Å². The van der Waals surface area contributed by atoms with Gasteiger partial charge >= 0.3 is 6.18 Å². The molecule has 4 aliphatic rings. The second-order valence-electron chi connectivity index (χ2n) is 8.72. The number of hydrogen-bond donors (Lipinski definition) is 1. The molecule has 1 N–H and O–H groups in total. The van der Waals surface area contributed by atoms with Gasteiger partial charge in [-0.3, -0.25) is 4.79 Å². The van der Waals surface area contributed by atoms with Gasteiger partial charge in [-0.2, -0.15) is 13.2 Å². The number of amides is 1. The van der Waals surface area contributed by atoms with Crippen molar-refractivity contribution in [2.24, 2.45) is 30.2 Å². The fourth-order valence-corrected chi connectivity index (χ4v) is 6.68.